The summed E-state index contributed by atoms with van der Waals surface area (Å²) in [6.07, 6.45) is 1.29. The van der Waals surface area contributed by atoms with Gasteiger partial charge in [-0.2, -0.15) is 13.1 Å². The van der Waals surface area contributed by atoms with Crippen LogP contribution in [0.1, 0.15) is 25.3 Å². The van der Waals surface area contributed by atoms with E-state index in [-0.39, 0.29) is 23.8 Å². The lowest BCUT2D eigenvalue weighted by Crippen LogP contribution is -2.52. The van der Waals surface area contributed by atoms with Gasteiger partial charge in [-0.1, -0.05) is 12.1 Å². The van der Waals surface area contributed by atoms with Crippen molar-refractivity contribution >= 4 is 16.1 Å². The van der Waals surface area contributed by atoms with Crippen LogP contribution in [-0.2, 0) is 21.5 Å². The van der Waals surface area contributed by atoms with Crippen molar-refractivity contribution in [3.8, 4) is 0 Å². The summed E-state index contributed by atoms with van der Waals surface area (Å²) in [4.78, 5) is 16.3. The smallest absolute Gasteiger partial charge is 0.276 e. The fraction of sp³-hybridized carbons (Fsp3) is 0.588. The molecular weight excluding hydrogens is 359 g/mol. The van der Waals surface area contributed by atoms with Crippen molar-refractivity contribution in [2.45, 2.75) is 38.4 Å². The van der Waals surface area contributed by atoms with Gasteiger partial charge in [-0.3, -0.25) is 9.69 Å². The summed E-state index contributed by atoms with van der Waals surface area (Å²) in [5, 5.41) is 0. The van der Waals surface area contributed by atoms with Crippen molar-refractivity contribution in [3.05, 3.63) is 35.6 Å². The Kier molecular flexibility index (Phi) is 7.10. The number of carbonyl (C=O) groups is 1. The van der Waals surface area contributed by atoms with Crippen LogP contribution in [-0.4, -0.2) is 63.4 Å². The SMILES string of the molecule is CNS(=O)(=O)NC1CCN(C(C)C(=O)N(C)Cc2cccc(F)c2)CC1. The standard InChI is InChI=1S/C17H27FN4O3S/c1-13(17(23)21(3)12-14-5-4-6-15(18)11-14)22-9-7-16(8-10-22)20-26(24,25)19-2/h4-6,11,13,16,19-20H,7-10,12H2,1-3H3. The number of likely N-dealkylation sites (tertiary alicyclic amines) is 1. The second kappa shape index (κ2) is 8.90. The van der Waals surface area contributed by atoms with E-state index in [1.807, 2.05) is 6.92 Å². The molecule has 0 aliphatic carbocycles. The second-order valence-corrected chi connectivity index (χ2v) is 8.29. The van der Waals surface area contributed by atoms with E-state index in [0.29, 0.717) is 32.5 Å². The Morgan fingerprint density at radius 2 is 2.04 bits per heavy atom. The summed E-state index contributed by atoms with van der Waals surface area (Å²) in [7, 11) is -0.375. The van der Waals surface area contributed by atoms with Crippen molar-refractivity contribution in [1.82, 2.24) is 19.2 Å². The molecule has 9 heteroatoms. The molecule has 1 aromatic rings. The zero-order chi connectivity index (χ0) is 19.3. The fourth-order valence-corrected chi connectivity index (χ4v) is 3.94. The molecule has 1 atom stereocenters. The van der Waals surface area contributed by atoms with Gasteiger partial charge in [-0.05, 0) is 37.5 Å². The summed E-state index contributed by atoms with van der Waals surface area (Å²) in [5.41, 5.74) is 0.744. The number of halogens is 1. The third-order valence-electron chi connectivity index (χ3n) is 4.71. The van der Waals surface area contributed by atoms with Crippen LogP contribution in [0.4, 0.5) is 4.39 Å². The van der Waals surface area contributed by atoms with E-state index in [2.05, 4.69) is 14.3 Å². The number of nitrogens with one attached hydrogen (secondary N) is 2. The molecule has 2 N–H and O–H groups in total. The van der Waals surface area contributed by atoms with E-state index >= 15 is 0 Å². The van der Waals surface area contributed by atoms with Crippen LogP contribution in [0.5, 0.6) is 0 Å². The predicted molar refractivity (Wildman–Crippen MR) is 98.0 cm³/mol. The number of likely N-dealkylation sites (N-methyl/N-ethyl adjacent to an activating group) is 1. The monoisotopic (exact) mass is 386 g/mol. The molecule has 7 nitrogen and oxygen atoms in total. The van der Waals surface area contributed by atoms with Crippen LogP contribution in [0.15, 0.2) is 24.3 Å². The van der Waals surface area contributed by atoms with E-state index in [4.69, 9.17) is 0 Å². The topological polar surface area (TPSA) is 81.8 Å². The zero-order valence-electron chi connectivity index (χ0n) is 15.4. The molecule has 1 aromatic carbocycles. The molecule has 26 heavy (non-hydrogen) atoms. The maximum absolute atomic E-state index is 13.3. The molecule has 1 aliphatic heterocycles. The number of benzene rings is 1. The summed E-state index contributed by atoms with van der Waals surface area (Å²) >= 11 is 0. The normalized spacial score (nSPS) is 17.8. The molecule has 1 fully saturated rings. The minimum absolute atomic E-state index is 0.0384. The number of carbonyl (C=O) groups excluding carboxylic acids is 1. The molecule has 1 saturated heterocycles. The van der Waals surface area contributed by atoms with Crippen molar-refractivity contribution in [3.63, 3.8) is 0 Å². The highest BCUT2D eigenvalue weighted by Crippen LogP contribution is 2.16. The quantitative estimate of drug-likeness (QED) is 0.723. The van der Waals surface area contributed by atoms with Gasteiger partial charge in [0.05, 0.1) is 6.04 Å². The zero-order valence-corrected chi connectivity index (χ0v) is 16.2. The van der Waals surface area contributed by atoms with Gasteiger partial charge in [0.1, 0.15) is 5.82 Å². The summed E-state index contributed by atoms with van der Waals surface area (Å²) in [6.45, 7) is 3.47. The van der Waals surface area contributed by atoms with Gasteiger partial charge in [0.2, 0.25) is 5.91 Å². The maximum atomic E-state index is 13.3. The van der Waals surface area contributed by atoms with Gasteiger partial charge in [-0.15, -0.1) is 0 Å². The van der Waals surface area contributed by atoms with Crippen molar-refractivity contribution in [2.75, 3.05) is 27.2 Å². The van der Waals surface area contributed by atoms with Gasteiger partial charge in [0.25, 0.3) is 10.2 Å². The predicted octanol–water partition coefficient (Wildman–Crippen LogP) is 0.691. The van der Waals surface area contributed by atoms with Crippen molar-refractivity contribution in [1.29, 1.82) is 0 Å². The average Bonchev–Trinajstić information content (AvgIpc) is 2.61. The van der Waals surface area contributed by atoms with Crippen LogP contribution >= 0.6 is 0 Å². The van der Waals surface area contributed by atoms with E-state index in [1.165, 1.54) is 19.2 Å². The highest BCUT2D eigenvalue weighted by molar-refractivity contribution is 7.87. The van der Waals surface area contributed by atoms with E-state index in [9.17, 15) is 17.6 Å². The third kappa shape index (κ3) is 5.73. The Hall–Kier alpha value is -1.55. The number of nitrogens with zero attached hydrogens (tertiary/aromatic N) is 2. The molecule has 0 radical (unpaired) electrons. The summed E-state index contributed by atoms with van der Waals surface area (Å²) < 4.78 is 41.2. The van der Waals surface area contributed by atoms with Crippen LogP contribution in [0.3, 0.4) is 0 Å². The average molecular weight is 386 g/mol. The Morgan fingerprint density at radius 1 is 1.38 bits per heavy atom. The third-order valence-corrected chi connectivity index (χ3v) is 5.89. The van der Waals surface area contributed by atoms with Gasteiger partial charge in [0, 0.05) is 39.8 Å². The van der Waals surface area contributed by atoms with E-state index in [0.717, 1.165) is 5.56 Å². The maximum Gasteiger partial charge on any atom is 0.276 e. The molecule has 1 unspecified atom stereocenters. The van der Waals surface area contributed by atoms with Crippen LogP contribution in [0, 0.1) is 5.82 Å². The lowest BCUT2D eigenvalue weighted by molar-refractivity contribution is -0.136. The van der Waals surface area contributed by atoms with Gasteiger partial charge in [0.15, 0.2) is 0 Å². The molecule has 0 saturated carbocycles. The number of hydrogen-bond donors (Lipinski definition) is 2. The Balaban J connectivity index is 1.87. The second-order valence-electron chi connectivity index (χ2n) is 6.64. The lowest BCUT2D eigenvalue weighted by atomic mass is 10.0. The first-order valence-electron chi connectivity index (χ1n) is 8.66. The van der Waals surface area contributed by atoms with Crippen LogP contribution in [0.2, 0.25) is 0 Å². The highest BCUT2D eigenvalue weighted by atomic mass is 32.2. The molecule has 0 spiro atoms. The minimum Gasteiger partial charge on any atom is -0.340 e. The first-order chi connectivity index (χ1) is 12.2. The van der Waals surface area contributed by atoms with Gasteiger partial charge in [-0.25, -0.2) is 9.11 Å². The molecule has 1 amide bonds. The van der Waals surface area contributed by atoms with Crippen LogP contribution in [0.25, 0.3) is 0 Å². The number of hydrogen-bond acceptors (Lipinski definition) is 4. The van der Waals surface area contributed by atoms with Crippen molar-refractivity contribution in [2.24, 2.45) is 0 Å². The molecule has 146 valence electrons. The highest BCUT2D eigenvalue weighted by Gasteiger charge is 2.29. The van der Waals surface area contributed by atoms with Gasteiger partial charge >= 0.3 is 0 Å². The minimum atomic E-state index is -3.45. The molecule has 0 aromatic heterocycles. The Bertz CT molecular complexity index is 720. The molecular formula is C17H27FN4O3S. The molecule has 0 bridgehead atoms. The summed E-state index contributed by atoms with van der Waals surface area (Å²) in [5.74, 6) is -0.356. The largest absolute Gasteiger partial charge is 0.340 e. The number of amides is 1. The van der Waals surface area contributed by atoms with Crippen molar-refractivity contribution < 1.29 is 17.6 Å². The van der Waals surface area contributed by atoms with E-state index in [1.54, 1.807) is 24.1 Å². The van der Waals surface area contributed by atoms with Crippen LogP contribution < -0.4 is 9.44 Å². The number of piperidine rings is 1. The molecule has 1 aliphatic rings. The Morgan fingerprint density at radius 3 is 2.62 bits per heavy atom. The van der Waals surface area contributed by atoms with E-state index < -0.39 is 10.2 Å². The lowest BCUT2D eigenvalue weighted by Gasteiger charge is -2.36. The molecule has 2 rings (SSSR count). The Labute approximate surface area is 154 Å². The molecule has 1 heterocycles. The first-order valence-corrected chi connectivity index (χ1v) is 10.1. The first kappa shape index (κ1) is 20.8. The summed E-state index contributed by atoms with van der Waals surface area (Å²) in [6, 6.07) is 5.78. The number of rotatable bonds is 7. The fourth-order valence-electron chi connectivity index (χ4n) is 3.15. The van der Waals surface area contributed by atoms with Gasteiger partial charge < -0.3 is 4.90 Å².